The molecule has 0 unspecified atom stereocenters. The molecule has 132 valence electrons. The van der Waals surface area contributed by atoms with Crippen LogP contribution < -0.4 is 0 Å². The van der Waals surface area contributed by atoms with E-state index in [0.717, 1.165) is 31.7 Å². The van der Waals surface area contributed by atoms with E-state index in [-0.39, 0.29) is 5.91 Å². The lowest BCUT2D eigenvalue weighted by Crippen LogP contribution is -2.38. The number of hydrogen-bond acceptors (Lipinski definition) is 4. The van der Waals surface area contributed by atoms with Crippen LogP contribution in [0.15, 0.2) is 36.7 Å². The molecule has 6 heteroatoms. The van der Waals surface area contributed by atoms with Gasteiger partial charge in [-0.05, 0) is 50.2 Å². The lowest BCUT2D eigenvalue weighted by Gasteiger charge is -2.28. The third-order valence-corrected chi connectivity index (χ3v) is 4.80. The van der Waals surface area contributed by atoms with E-state index in [4.69, 9.17) is 11.6 Å². The summed E-state index contributed by atoms with van der Waals surface area (Å²) in [6.45, 7) is 3.92. The van der Waals surface area contributed by atoms with Gasteiger partial charge in [0.05, 0.1) is 5.56 Å². The Labute approximate surface area is 153 Å². The normalized spacial score (nSPS) is 15.1. The van der Waals surface area contributed by atoms with Crippen LogP contribution in [0.5, 0.6) is 0 Å². The van der Waals surface area contributed by atoms with Gasteiger partial charge in [-0.3, -0.25) is 4.79 Å². The molecule has 1 saturated heterocycles. The maximum atomic E-state index is 12.5. The van der Waals surface area contributed by atoms with E-state index in [2.05, 4.69) is 14.9 Å². The van der Waals surface area contributed by atoms with Crippen LogP contribution in [0.1, 0.15) is 29.6 Å². The number of halogens is 1. The highest BCUT2D eigenvalue weighted by Gasteiger charge is 2.15. The highest BCUT2D eigenvalue weighted by molar-refractivity contribution is 6.30. The number of carbonyl (C=O) groups excluding carboxylic acids is 1. The Morgan fingerprint density at radius 2 is 1.76 bits per heavy atom. The first-order valence-corrected chi connectivity index (χ1v) is 9.07. The second kappa shape index (κ2) is 8.41. The lowest BCUT2D eigenvalue weighted by atomic mass is 10.1. The Kier molecular flexibility index (Phi) is 6.00. The zero-order valence-corrected chi connectivity index (χ0v) is 15.2. The van der Waals surface area contributed by atoms with Crippen molar-refractivity contribution in [3.8, 4) is 11.4 Å². The summed E-state index contributed by atoms with van der Waals surface area (Å²) >= 11 is 5.89. The van der Waals surface area contributed by atoms with Crippen LogP contribution in [-0.2, 0) is 0 Å². The molecule has 0 spiro atoms. The number of nitrogens with zero attached hydrogens (tertiary/aromatic N) is 4. The molecule has 0 radical (unpaired) electrons. The first-order chi connectivity index (χ1) is 12.1. The SMILES string of the molecule is CN(CCN1CCCCC1)C(=O)c1cnc(-c2ccc(Cl)cc2)nc1. The van der Waals surface area contributed by atoms with Crippen LogP contribution in [-0.4, -0.2) is 58.9 Å². The highest BCUT2D eigenvalue weighted by Crippen LogP contribution is 2.18. The van der Waals surface area contributed by atoms with Gasteiger partial charge >= 0.3 is 0 Å². The minimum atomic E-state index is -0.0420. The predicted molar refractivity (Wildman–Crippen MR) is 99.7 cm³/mol. The van der Waals surface area contributed by atoms with E-state index in [1.54, 1.807) is 29.4 Å². The van der Waals surface area contributed by atoms with Gasteiger partial charge < -0.3 is 9.80 Å². The molecule has 2 heterocycles. The topological polar surface area (TPSA) is 49.3 Å². The number of aromatic nitrogens is 2. The van der Waals surface area contributed by atoms with Gasteiger partial charge in [0.25, 0.3) is 5.91 Å². The number of likely N-dealkylation sites (N-methyl/N-ethyl adjacent to an activating group) is 1. The van der Waals surface area contributed by atoms with Crippen molar-refractivity contribution in [1.82, 2.24) is 19.8 Å². The summed E-state index contributed by atoms with van der Waals surface area (Å²) in [7, 11) is 1.83. The van der Waals surface area contributed by atoms with E-state index < -0.39 is 0 Å². The van der Waals surface area contributed by atoms with Crippen LogP contribution in [0.3, 0.4) is 0 Å². The number of benzene rings is 1. The van der Waals surface area contributed by atoms with Crippen molar-refractivity contribution in [2.45, 2.75) is 19.3 Å². The van der Waals surface area contributed by atoms with Gasteiger partial charge in [0, 0.05) is 43.1 Å². The molecule has 0 bridgehead atoms. The molecule has 0 saturated carbocycles. The zero-order chi connectivity index (χ0) is 17.6. The van der Waals surface area contributed by atoms with Crippen LogP contribution in [0.4, 0.5) is 0 Å². The number of rotatable bonds is 5. The van der Waals surface area contributed by atoms with E-state index in [9.17, 15) is 4.79 Å². The zero-order valence-electron chi connectivity index (χ0n) is 14.5. The fraction of sp³-hybridized carbons (Fsp3) is 0.421. The quantitative estimate of drug-likeness (QED) is 0.822. The van der Waals surface area contributed by atoms with Crippen LogP contribution in [0.2, 0.25) is 5.02 Å². The maximum absolute atomic E-state index is 12.5. The first-order valence-electron chi connectivity index (χ1n) is 8.69. The molecule has 1 amide bonds. The molecule has 0 aliphatic carbocycles. The monoisotopic (exact) mass is 358 g/mol. The fourth-order valence-corrected chi connectivity index (χ4v) is 3.11. The molecule has 1 aliphatic heterocycles. The molecule has 2 aromatic rings. The van der Waals surface area contributed by atoms with Crippen molar-refractivity contribution in [1.29, 1.82) is 0 Å². The molecule has 1 fully saturated rings. The summed E-state index contributed by atoms with van der Waals surface area (Å²) in [4.78, 5) is 25.3. The van der Waals surface area contributed by atoms with Crippen LogP contribution in [0, 0.1) is 0 Å². The summed E-state index contributed by atoms with van der Waals surface area (Å²) in [5, 5.41) is 0.672. The van der Waals surface area contributed by atoms with Crippen molar-refractivity contribution in [2.75, 3.05) is 33.2 Å². The summed E-state index contributed by atoms with van der Waals surface area (Å²) in [6.07, 6.45) is 7.03. The van der Waals surface area contributed by atoms with Gasteiger partial charge in [-0.2, -0.15) is 0 Å². The smallest absolute Gasteiger partial charge is 0.256 e. The molecular weight excluding hydrogens is 336 g/mol. The van der Waals surface area contributed by atoms with Crippen molar-refractivity contribution in [2.24, 2.45) is 0 Å². The molecular formula is C19H23ClN4O. The van der Waals surface area contributed by atoms with Gasteiger partial charge in [-0.15, -0.1) is 0 Å². The Morgan fingerprint density at radius 3 is 2.40 bits per heavy atom. The van der Waals surface area contributed by atoms with Crippen molar-refractivity contribution in [3.63, 3.8) is 0 Å². The number of carbonyl (C=O) groups is 1. The van der Waals surface area contributed by atoms with Gasteiger partial charge in [-0.1, -0.05) is 18.0 Å². The molecule has 1 aliphatic rings. The molecule has 5 nitrogen and oxygen atoms in total. The molecule has 1 aromatic carbocycles. The van der Waals surface area contributed by atoms with Gasteiger partial charge in [-0.25, -0.2) is 9.97 Å². The first kappa shape index (κ1) is 17.8. The highest BCUT2D eigenvalue weighted by atomic mass is 35.5. The molecule has 0 N–H and O–H groups in total. The number of amides is 1. The summed E-state index contributed by atoms with van der Waals surface area (Å²) in [5.74, 6) is 0.545. The Bertz CT molecular complexity index is 696. The maximum Gasteiger partial charge on any atom is 0.256 e. The number of likely N-dealkylation sites (tertiary alicyclic amines) is 1. The molecule has 25 heavy (non-hydrogen) atoms. The molecule has 1 aromatic heterocycles. The van der Waals surface area contributed by atoms with Crippen LogP contribution >= 0.6 is 11.6 Å². The fourth-order valence-electron chi connectivity index (χ4n) is 2.98. The van der Waals surface area contributed by atoms with Crippen molar-refractivity contribution >= 4 is 17.5 Å². The minimum Gasteiger partial charge on any atom is -0.340 e. The number of hydrogen-bond donors (Lipinski definition) is 0. The Hall–Kier alpha value is -1.98. The van der Waals surface area contributed by atoms with Crippen molar-refractivity contribution < 1.29 is 4.79 Å². The molecule has 3 rings (SSSR count). The second-order valence-corrected chi connectivity index (χ2v) is 6.87. The van der Waals surface area contributed by atoms with E-state index in [0.29, 0.717) is 16.4 Å². The van der Waals surface area contributed by atoms with Crippen molar-refractivity contribution in [3.05, 3.63) is 47.2 Å². The Morgan fingerprint density at radius 1 is 1.12 bits per heavy atom. The average Bonchev–Trinajstić information content (AvgIpc) is 2.67. The predicted octanol–water partition coefficient (Wildman–Crippen LogP) is 3.35. The summed E-state index contributed by atoms with van der Waals surface area (Å²) in [6, 6.07) is 7.33. The standard InChI is InChI=1S/C19H23ClN4O/c1-23(11-12-24-9-3-2-4-10-24)19(25)16-13-21-18(22-14-16)15-5-7-17(20)8-6-15/h5-8,13-14H,2-4,9-12H2,1H3. The van der Waals surface area contributed by atoms with Gasteiger partial charge in [0.1, 0.15) is 0 Å². The Balaban J connectivity index is 1.58. The van der Waals surface area contributed by atoms with E-state index in [1.807, 2.05) is 19.2 Å². The average molecular weight is 359 g/mol. The van der Waals surface area contributed by atoms with E-state index >= 15 is 0 Å². The third kappa shape index (κ3) is 4.77. The van der Waals surface area contributed by atoms with Crippen LogP contribution in [0.25, 0.3) is 11.4 Å². The van der Waals surface area contributed by atoms with E-state index in [1.165, 1.54) is 19.3 Å². The summed E-state index contributed by atoms with van der Waals surface area (Å²) in [5.41, 5.74) is 1.39. The minimum absolute atomic E-state index is 0.0420. The summed E-state index contributed by atoms with van der Waals surface area (Å²) < 4.78 is 0. The molecule has 0 atom stereocenters. The largest absolute Gasteiger partial charge is 0.340 e. The van der Waals surface area contributed by atoms with Gasteiger partial charge in [0.2, 0.25) is 0 Å². The number of piperidine rings is 1. The lowest BCUT2D eigenvalue weighted by molar-refractivity contribution is 0.0772. The van der Waals surface area contributed by atoms with Gasteiger partial charge in [0.15, 0.2) is 5.82 Å². The second-order valence-electron chi connectivity index (χ2n) is 6.43. The third-order valence-electron chi connectivity index (χ3n) is 4.55.